The molecule has 1 heterocycles. The first-order valence-corrected chi connectivity index (χ1v) is 5.65. The Morgan fingerprint density at radius 1 is 0.950 bits per heavy atom. The van der Waals surface area contributed by atoms with Crippen LogP contribution in [0.1, 0.15) is 26.4 Å². The Kier molecular flexibility index (Phi) is 5.65. The normalized spacial score (nSPS) is 9.00. The van der Waals surface area contributed by atoms with Crippen LogP contribution < -0.4 is 0 Å². The first-order valence-electron chi connectivity index (χ1n) is 5.65. The number of hydrogen-bond donors (Lipinski definition) is 2. The molecule has 2 N–H and O–H groups in total. The van der Waals surface area contributed by atoms with Gasteiger partial charge in [-0.1, -0.05) is 24.8 Å². The highest BCUT2D eigenvalue weighted by molar-refractivity contribution is 6.01. The van der Waals surface area contributed by atoms with Crippen LogP contribution in [0.5, 0.6) is 0 Å². The molecule has 102 valence electrons. The third kappa shape index (κ3) is 4.38. The van der Waals surface area contributed by atoms with Crippen molar-refractivity contribution in [3.05, 3.63) is 72.1 Å². The van der Waals surface area contributed by atoms with E-state index in [-0.39, 0.29) is 11.1 Å². The summed E-state index contributed by atoms with van der Waals surface area (Å²) in [5.74, 6) is -2.46. The number of hydrogen-bond acceptors (Lipinski definition) is 3. The zero-order chi connectivity index (χ0) is 15.0. The minimum Gasteiger partial charge on any atom is -0.478 e. The number of rotatable bonds is 3. The van der Waals surface area contributed by atoms with Crippen molar-refractivity contribution < 1.29 is 19.8 Å². The minimum atomic E-state index is -1.23. The van der Waals surface area contributed by atoms with Gasteiger partial charge in [-0.2, -0.15) is 0 Å². The van der Waals surface area contributed by atoms with Crippen molar-refractivity contribution in [2.75, 3.05) is 0 Å². The van der Waals surface area contributed by atoms with Crippen LogP contribution in [-0.2, 0) is 0 Å². The predicted molar refractivity (Wildman–Crippen MR) is 74.7 cm³/mol. The van der Waals surface area contributed by atoms with Crippen LogP contribution in [-0.4, -0.2) is 27.1 Å². The Labute approximate surface area is 115 Å². The van der Waals surface area contributed by atoms with Crippen molar-refractivity contribution in [3.8, 4) is 0 Å². The summed E-state index contributed by atoms with van der Waals surface area (Å²) < 4.78 is 0. The van der Waals surface area contributed by atoms with E-state index >= 15 is 0 Å². The number of aromatic carboxylic acids is 2. The first-order chi connectivity index (χ1) is 9.56. The van der Waals surface area contributed by atoms with Gasteiger partial charge in [-0.15, -0.1) is 0 Å². The molecule has 5 nitrogen and oxygen atoms in total. The van der Waals surface area contributed by atoms with E-state index in [2.05, 4.69) is 11.6 Å². The fraction of sp³-hybridized carbons (Fsp3) is 0. The molecule has 5 heteroatoms. The Hall–Kier alpha value is -2.95. The maximum atomic E-state index is 10.5. The maximum absolute atomic E-state index is 10.5. The summed E-state index contributed by atoms with van der Waals surface area (Å²) in [4.78, 5) is 24.9. The van der Waals surface area contributed by atoms with E-state index in [1.807, 2.05) is 18.2 Å². The summed E-state index contributed by atoms with van der Waals surface area (Å²) in [6.07, 6.45) is 3.47. The van der Waals surface area contributed by atoms with Crippen LogP contribution in [0.25, 0.3) is 6.08 Å². The zero-order valence-electron chi connectivity index (χ0n) is 10.6. The molecule has 20 heavy (non-hydrogen) atoms. The van der Waals surface area contributed by atoms with Gasteiger partial charge in [-0.25, -0.2) is 9.59 Å². The van der Waals surface area contributed by atoms with Gasteiger partial charge in [0.05, 0.1) is 16.8 Å². The molecule has 2 aromatic rings. The average molecular weight is 271 g/mol. The molecule has 0 unspecified atom stereocenters. The van der Waals surface area contributed by atoms with E-state index in [1.165, 1.54) is 24.3 Å². The number of nitrogens with zero attached hydrogens (tertiary/aromatic N) is 1. The second kappa shape index (κ2) is 7.48. The van der Waals surface area contributed by atoms with E-state index in [4.69, 9.17) is 10.2 Å². The van der Waals surface area contributed by atoms with E-state index < -0.39 is 11.9 Å². The molecule has 2 rings (SSSR count). The summed E-state index contributed by atoms with van der Waals surface area (Å²) in [6, 6.07) is 11.2. The Morgan fingerprint density at radius 2 is 1.45 bits per heavy atom. The van der Waals surface area contributed by atoms with Gasteiger partial charge in [0.2, 0.25) is 0 Å². The number of aromatic nitrogens is 1. The lowest BCUT2D eigenvalue weighted by Gasteiger charge is -1.98. The highest BCUT2D eigenvalue weighted by atomic mass is 16.4. The number of benzene rings is 1. The average Bonchev–Trinajstić information content (AvgIpc) is 2.48. The predicted octanol–water partition coefficient (Wildman–Crippen LogP) is 2.81. The standard InChI is InChI=1S/C8H6O4.C7H7N/c9-7(10)5-3-1-2-4-6(5)8(11)12;1-2-7-5-3-4-6-8-7/h1-4H,(H,9,10)(H,11,12);2-6H,1H2. The van der Waals surface area contributed by atoms with Crippen molar-refractivity contribution in [2.45, 2.75) is 0 Å². The molecule has 0 atom stereocenters. The highest BCUT2D eigenvalue weighted by Crippen LogP contribution is 2.07. The van der Waals surface area contributed by atoms with Crippen LogP contribution in [0, 0.1) is 0 Å². The number of pyridine rings is 1. The molecule has 0 bridgehead atoms. The molecule has 0 aliphatic heterocycles. The smallest absolute Gasteiger partial charge is 0.336 e. The lowest BCUT2D eigenvalue weighted by molar-refractivity contribution is 0.0651. The van der Waals surface area contributed by atoms with Gasteiger partial charge in [-0.3, -0.25) is 4.98 Å². The highest BCUT2D eigenvalue weighted by Gasteiger charge is 2.13. The second-order valence-electron chi connectivity index (χ2n) is 3.61. The van der Waals surface area contributed by atoms with E-state index in [0.29, 0.717) is 0 Å². The first kappa shape index (κ1) is 15.1. The molecular formula is C15H13NO4. The maximum Gasteiger partial charge on any atom is 0.336 e. The molecule has 0 radical (unpaired) electrons. The van der Waals surface area contributed by atoms with E-state index in [9.17, 15) is 9.59 Å². The Bertz CT molecular complexity index is 575. The van der Waals surface area contributed by atoms with Crippen molar-refractivity contribution in [1.29, 1.82) is 0 Å². The largest absolute Gasteiger partial charge is 0.478 e. The van der Waals surface area contributed by atoms with Crippen molar-refractivity contribution >= 4 is 18.0 Å². The van der Waals surface area contributed by atoms with Crippen LogP contribution in [0.4, 0.5) is 0 Å². The molecule has 1 aromatic carbocycles. The van der Waals surface area contributed by atoms with Crippen molar-refractivity contribution in [2.24, 2.45) is 0 Å². The van der Waals surface area contributed by atoms with Crippen LogP contribution in [0.2, 0.25) is 0 Å². The third-order valence-electron chi connectivity index (χ3n) is 2.28. The Balaban J connectivity index is 0.000000217. The third-order valence-corrected chi connectivity index (χ3v) is 2.28. The van der Waals surface area contributed by atoms with Crippen LogP contribution in [0.3, 0.4) is 0 Å². The quantitative estimate of drug-likeness (QED) is 0.896. The Morgan fingerprint density at radius 3 is 1.75 bits per heavy atom. The van der Waals surface area contributed by atoms with Gasteiger partial charge in [0.25, 0.3) is 0 Å². The summed E-state index contributed by atoms with van der Waals surface area (Å²) >= 11 is 0. The number of carboxylic acid groups (broad SMARTS) is 2. The molecule has 0 aliphatic rings. The summed E-state index contributed by atoms with van der Waals surface area (Å²) in [5.41, 5.74) is 0.544. The molecule has 0 fully saturated rings. The second-order valence-corrected chi connectivity index (χ2v) is 3.61. The van der Waals surface area contributed by atoms with Gasteiger partial charge in [-0.05, 0) is 30.3 Å². The molecular weight excluding hydrogens is 258 g/mol. The van der Waals surface area contributed by atoms with E-state index in [1.54, 1.807) is 12.3 Å². The minimum absolute atomic E-state index is 0.190. The molecule has 0 saturated carbocycles. The van der Waals surface area contributed by atoms with Gasteiger partial charge in [0.15, 0.2) is 0 Å². The van der Waals surface area contributed by atoms with Gasteiger partial charge in [0.1, 0.15) is 0 Å². The molecule has 0 amide bonds. The van der Waals surface area contributed by atoms with Crippen molar-refractivity contribution in [1.82, 2.24) is 4.98 Å². The van der Waals surface area contributed by atoms with Crippen molar-refractivity contribution in [3.63, 3.8) is 0 Å². The SMILES string of the molecule is C=Cc1ccccn1.O=C(O)c1ccccc1C(=O)O. The van der Waals surface area contributed by atoms with Gasteiger partial charge in [0, 0.05) is 6.20 Å². The fourth-order valence-electron chi connectivity index (χ4n) is 1.35. The molecule has 0 aliphatic carbocycles. The lowest BCUT2D eigenvalue weighted by atomic mass is 10.1. The fourth-order valence-corrected chi connectivity index (χ4v) is 1.35. The lowest BCUT2D eigenvalue weighted by Crippen LogP contribution is -2.06. The molecule has 0 saturated heterocycles. The van der Waals surface area contributed by atoms with E-state index in [0.717, 1.165) is 5.69 Å². The topological polar surface area (TPSA) is 87.5 Å². The number of carbonyl (C=O) groups is 2. The summed E-state index contributed by atoms with van der Waals surface area (Å²) in [7, 11) is 0. The van der Waals surface area contributed by atoms with Gasteiger partial charge >= 0.3 is 11.9 Å². The molecule has 1 aromatic heterocycles. The number of carboxylic acids is 2. The monoisotopic (exact) mass is 271 g/mol. The van der Waals surface area contributed by atoms with Crippen LogP contribution >= 0.6 is 0 Å². The van der Waals surface area contributed by atoms with Crippen LogP contribution in [0.15, 0.2) is 55.2 Å². The summed E-state index contributed by atoms with van der Waals surface area (Å²) in [6.45, 7) is 3.57. The molecule has 0 spiro atoms. The summed E-state index contributed by atoms with van der Waals surface area (Å²) in [5, 5.41) is 17.1. The van der Waals surface area contributed by atoms with Gasteiger partial charge < -0.3 is 10.2 Å². The zero-order valence-corrected chi connectivity index (χ0v) is 10.6.